The lowest BCUT2D eigenvalue weighted by Crippen LogP contribution is -2.42. The number of aromatic nitrogens is 4. The van der Waals surface area contributed by atoms with E-state index in [4.69, 9.17) is 9.47 Å². The van der Waals surface area contributed by atoms with Crippen LogP contribution >= 0.6 is 0 Å². The van der Waals surface area contributed by atoms with Gasteiger partial charge in [0, 0.05) is 11.4 Å². The van der Waals surface area contributed by atoms with Crippen molar-refractivity contribution in [2.45, 2.75) is 119 Å². The third kappa shape index (κ3) is 8.05. The molecule has 326 valence electrons. The zero-order valence-electron chi connectivity index (χ0n) is 34.4. The molecule has 0 fully saturated rings. The number of carbonyl (C=O) groups is 2. The van der Waals surface area contributed by atoms with Crippen molar-refractivity contribution in [2.24, 2.45) is 0 Å². The Labute approximate surface area is 355 Å². The highest BCUT2D eigenvalue weighted by molar-refractivity contribution is 7.90. The highest BCUT2D eigenvalue weighted by Crippen LogP contribution is 2.40. The van der Waals surface area contributed by atoms with E-state index in [9.17, 15) is 26.4 Å². The van der Waals surface area contributed by atoms with Crippen LogP contribution in [-0.2, 0) is 84.5 Å². The number of fused-ring (bicyclic) bond motifs is 6. The number of urea groups is 2. The van der Waals surface area contributed by atoms with E-state index in [1.54, 1.807) is 0 Å². The Morgan fingerprint density at radius 1 is 0.639 bits per heavy atom. The molecule has 0 spiro atoms. The Balaban J connectivity index is 0.000000156. The van der Waals surface area contributed by atoms with Gasteiger partial charge in [-0.1, -0.05) is 19.1 Å². The zero-order chi connectivity index (χ0) is 42.5. The van der Waals surface area contributed by atoms with E-state index in [0.29, 0.717) is 26.3 Å². The van der Waals surface area contributed by atoms with Gasteiger partial charge < -0.3 is 30.7 Å². The summed E-state index contributed by atoms with van der Waals surface area (Å²) in [7, 11) is -6.44. The molecule has 10 rings (SSSR count). The van der Waals surface area contributed by atoms with Gasteiger partial charge in [0.05, 0.1) is 37.6 Å². The van der Waals surface area contributed by atoms with E-state index in [0.717, 1.165) is 117 Å². The van der Waals surface area contributed by atoms with Crippen molar-refractivity contribution in [3.05, 3.63) is 69.0 Å². The van der Waals surface area contributed by atoms with Crippen LogP contribution in [-0.4, -0.2) is 87.3 Å². The van der Waals surface area contributed by atoms with Crippen LogP contribution in [0, 0.1) is 0 Å². The van der Waals surface area contributed by atoms with Gasteiger partial charge in [0.1, 0.15) is 13.2 Å². The topological polar surface area (TPSA) is 229 Å². The first-order valence-corrected chi connectivity index (χ1v) is 24.2. The number of nitrogens with zero attached hydrogens (tertiary/aromatic N) is 4. The van der Waals surface area contributed by atoms with Gasteiger partial charge in [0.15, 0.2) is 9.79 Å². The van der Waals surface area contributed by atoms with E-state index >= 15 is 0 Å². The standard InChI is InChI=1S/C21H27N5O4S.C20H25N5O4S/c1-2-22-15-11-26-20(30-12-15)18(10-23-26)31(28,29)25-21(27)24-19-16-7-3-5-13(16)9-14-6-4-8-17(14)19;1-21-14-10-25-19(29-11-14)17(9-22-25)30(27,28)24-20(26)23-18-15-6-2-4-12(15)8-13-5-3-7-16(13)18/h9-10,15,22H,2-8,11-12H2,1H3,(H2,24,25,27);8-9,14,21H,2-7,10-11H2,1H3,(H2,23,24,26). The van der Waals surface area contributed by atoms with Gasteiger partial charge in [-0.25, -0.2) is 45.2 Å². The summed E-state index contributed by atoms with van der Waals surface area (Å²) in [4.78, 5) is 25.2. The first-order chi connectivity index (χ1) is 29.4. The van der Waals surface area contributed by atoms with Crippen molar-refractivity contribution in [3.8, 4) is 11.8 Å². The highest BCUT2D eigenvalue weighted by Gasteiger charge is 2.34. The fraction of sp³-hybridized carbons (Fsp3) is 0.512. The summed E-state index contributed by atoms with van der Waals surface area (Å²) in [5.41, 5.74) is 11.3. The molecule has 0 radical (unpaired) electrons. The molecule has 4 aromatic rings. The second-order valence-corrected chi connectivity index (χ2v) is 19.7. The average Bonchev–Trinajstić information content (AvgIpc) is 4.08. The quantitative estimate of drug-likeness (QED) is 0.143. The number of rotatable bonds is 9. The first kappa shape index (κ1) is 41.2. The normalized spacial score (nSPS) is 19.4. The Morgan fingerprint density at radius 2 is 1.03 bits per heavy atom. The molecular weight excluding hydrogens is 825 g/mol. The predicted octanol–water partition coefficient (Wildman–Crippen LogP) is 3.09. The average molecular weight is 877 g/mol. The van der Waals surface area contributed by atoms with E-state index < -0.39 is 32.1 Å². The van der Waals surface area contributed by atoms with Gasteiger partial charge in [0.25, 0.3) is 20.0 Å². The lowest BCUT2D eigenvalue weighted by Gasteiger charge is -2.25. The minimum atomic E-state index is -4.13. The molecule has 0 saturated heterocycles. The monoisotopic (exact) mass is 876 g/mol. The molecule has 0 saturated carbocycles. The molecule has 18 nitrogen and oxygen atoms in total. The van der Waals surface area contributed by atoms with Gasteiger partial charge in [-0.15, -0.1) is 0 Å². The van der Waals surface area contributed by atoms with E-state index in [2.05, 4.69) is 53.0 Å². The smallest absolute Gasteiger partial charge is 0.333 e. The first-order valence-electron chi connectivity index (χ1n) is 21.2. The molecule has 2 aliphatic heterocycles. The van der Waals surface area contributed by atoms with Gasteiger partial charge in [-0.05, 0) is 135 Å². The fourth-order valence-electron chi connectivity index (χ4n) is 9.67. The van der Waals surface area contributed by atoms with E-state index in [-0.39, 0.29) is 33.6 Å². The molecular formula is C41H52N10O8S2. The maximum absolute atomic E-state index is 12.9. The molecule has 6 aliphatic rings. The largest absolute Gasteiger partial charge is 0.475 e. The molecule has 2 aromatic carbocycles. The summed E-state index contributed by atoms with van der Waals surface area (Å²) in [5, 5.41) is 20.3. The molecule has 20 heteroatoms. The van der Waals surface area contributed by atoms with Crippen molar-refractivity contribution in [2.75, 3.05) is 37.4 Å². The van der Waals surface area contributed by atoms with E-state index in [1.165, 1.54) is 44.0 Å². The van der Waals surface area contributed by atoms with Gasteiger partial charge >= 0.3 is 12.1 Å². The fourth-order valence-corrected chi connectivity index (χ4v) is 11.6. The lowest BCUT2D eigenvalue weighted by molar-refractivity contribution is 0.180. The molecule has 4 amide bonds. The number of sulfonamides is 2. The molecule has 2 aromatic heterocycles. The molecule has 0 bridgehead atoms. The Kier molecular flexibility index (Phi) is 11.2. The number of anilines is 2. The molecule has 2 atom stereocenters. The van der Waals surface area contributed by atoms with Crippen LogP contribution in [0.15, 0.2) is 34.3 Å². The third-order valence-corrected chi connectivity index (χ3v) is 15.1. The van der Waals surface area contributed by atoms with Crippen molar-refractivity contribution in [3.63, 3.8) is 0 Å². The van der Waals surface area contributed by atoms with Gasteiger partial charge in [-0.2, -0.15) is 10.2 Å². The van der Waals surface area contributed by atoms with Crippen LogP contribution in [0.25, 0.3) is 0 Å². The Hall–Kier alpha value is -5.18. The maximum Gasteiger partial charge on any atom is 0.333 e. The molecule has 4 heterocycles. The van der Waals surface area contributed by atoms with Crippen molar-refractivity contribution in [1.29, 1.82) is 0 Å². The van der Waals surface area contributed by atoms with Gasteiger partial charge in [0.2, 0.25) is 11.8 Å². The Bertz CT molecular complexity index is 2560. The number of ether oxygens (including phenoxy) is 2. The van der Waals surface area contributed by atoms with Crippen LogP contribution in [0.3, 0.4) is 0 Å². The number of amides is 4. The number of hydrogen-bond acceptors (Lipinski definition) is 12. The predicted molar refractivity (Wildman–Crippen MR) is 225 cm³/mol. The summed E-state index contributed by atoms with van der Waals surface area (Å²) < 4.78 is 70.1. The second kappa shape index (κ2) is 16.6. The summed E-state index contributed by atoms with van der Waals surface area (Å²) in [6.45, 7) is 4.46. The van der Waals surface area contributed by atoms with Crippen molar-refractivity contribution >= 4 is 43.5 Å². The van der Waals surface area contributed by atoms with Crippen LogP contribution in [0.1, 0.15) is 77.1 Å². The number of benzene rings is 2. The second-order valence-electron chi connectivity index (χ2n) is 16.4. The lowest BCUT2D eigenvalue weighted by atomic mass is 9.99. The summed E-state index contributed by atoms with van der Waals surface area (Å²) in [5.74, 6) is 0.319. The van der Waals surface area contributed by atoms with Crippen LogP contribution in [0.2, 0.25) is 0 Å². The highest BCUT2D eigenvalue weighted by atomic mass is 32.2. The molecule has 61 heavy (non-hydrogen) atoms. The summed E-state index contributed by atoms with van der Waals surface area (Å²) in [6.07, 6.45) is 14.3. The number of nitrogens with one attached hydrogen (secondary N) is 6. The van der Waals surface area contributed by atoms with Crippen LogP contribution in [0.5, 0.6) is 11.8 Å². The van der Waals surface area contributed by atoms with Crippen LogP contribution in [0.4, 0.5) is 21.0 Å². The summed E-state index contributed by atoms with van der Waals surface area (Å²) >= 11 is 0. The molecule has 4 aliphatic carbocycles. The third-order valence-electron chi connectivity index (χ3n) is 12.5. The molecule has 2 unspecified atom stereocenters. The number of carbonyl (C=O) groups excluding carboxylic acids is 2. The Morgan fingerprint density at radius 3 is 1.43 bits per heavy atom. The van der Waals surface area contributed by atoms with Crippen molar-refractivity contribution < 1.29 is 35.9 Å². The minimum absolute atomic E-state index is 0.0477. The number of aryl methyl sites for hydroxylation is 4. The summed E-state index contributed by atoms with van der Waals surface area (Å²) in [6, 6.07) is 3.13. The van der Waals surface area contributed by atoms with Crippen LogP contribution < -0.4 is 40.2 Å². The minimum Gasteiger partial charge on any atom is -0.475 e. The molecule has 6 N–H and O–H groups in total. The number of likely N-dealkylation sites (N-methyl/N-ethyl adjacent to an activating group) is 2. The number of hydrogen-bond donors (Lipinski definition) is 6. The van der Waals surface area contributed by atoms with Gasteiger partial charge in [-0.3, -0.25) is 0 Å². The zero-order valence-corrected chi connectivity index (χ0v) is 36.0. The maximum atomic E-state index is 12.9. The van der Waals surface area contributed by atoms with E-state index in [1.807, 2.05) is 14.0 Å². The van der Waals surface area contributed by atoms with Crippen molar-refractivity contribution in [1.82, 2.24) is 39.6 Å². The SMILES string of the molecule is CCNC1COc2c(S(=O)(=O)NC(=O)Nc3c4c(cc5c3CCC5)CCC4)cnn2C1.CNC1COc2c(S(=O)(=O)NC(=O)Nc3c4c(cc5c3CCC5)CCC4)cnn2C1.